The molecule has 3 rings (SSSR count). The average Bonchev–Trinajstić information content (AvgIpc) is 3.08. The van der Waals surface area contributed by atoms with Crippen LogP contribution >= 0.6 is 0 Å². The zero-order chi connectivity index (χ0) is 12.7. The molecule has 0 N–H and O–H groups in total. The van der Waals surface area contributed by atoms with Gasteiger partial charge in [0.25, 0.3) is 0 Å². The van der Waals surface area contributed by atoms with Crippen LogP contribution in [0.15, 0.2) is 24.4 Å². The molecule has 3 nitrogen and oxygen atoms in total. The molecule has 0 amide bonds. The van der Waals surface area contributed by atoms with E-state index in [-0.39, 0.29) is 11.3 Å². The van der Waals surface area contributed by atoms with E-state index in [1.54, 1.807) is 6.07 Å². The van der Waals surface area contributed by atoms with E-state index in [2.05, 4.69) is 5.10 Å². The number of rotatable bonds is 3. The molecule has 0 radical (unpaired) electrons. The van der Waals surface area contributed by atoms with Crippen molar-refractivity contribution in [1.82, 2.24) is 9.78 Å². The lowest BCUT2D eigenvalue weighted by molar-refractivity contribution is 0.112. The molecule has 0 atom stereocenters. The van der Waals surface area contributed by atoms with Crippen LogP contribution in [0.2, 0.25) is 0 Å². The number of halogens is 2. The summed E-state index contributed by atoms with van der Waals surface area (Å²) < 4.78 is 28.7. The molecule has 1 saturated carbocycles. The number of hydrogen-bond acceptors (Lipinski definition) is 2. The number of aromatic nitrogens is 2. The molecule has 0 aliphatic heterocycles. The zero-order valence-electron chi connectivity index (χ0n) is 9.44. The number of carbonyl (C=O) groups is 1. The molecule has 1 aromatic heterocycles. The lowest BCUT2D eigenvalue weighted by atomic mass is 10.2. The van der Waals surface area contributed by atoms with Gasteiger partial charge in [0, 0.05) is 17.7 Å². The minimum atomic E-state index is -0.789. The van der Waals surface area contributed by atoms with Crippen LogP contribution < -0.4 is 0 Å². The van der Waals surface area contributed by atoms with Crippen LogP contribution in [-0.4, -0.2) is 16.1 Å². The summed E-state index contributed by atoms with van der Waals surface area (Å²) >= 11 is 0. The molecule has 18 heavy (non-hydrogen) atoms. The van der Waals surface area contributed by atoms with Crippen molar-refractivity contribution in [3.05, 3.63) is 47.3 Å². The van der Waals surface area contributed by atoms with Crippen molar-refractivity contribution in [1.29, 1.82) is 0 Å². The SMILES string of the molecule is O=Cc1cc(F)c(-n2ccc(C3CC3)n2)c(F)c1. The summed E-state index contributed by atoms with van der Waals surface area (Å²) in [6.07, 6.45) is 4.10. The Bertz CT molecular complexity index is 594. The van der Waals surface area contributed by atoms with Crippen LogP contribution in [0.25, 0.3) is 5.69 Å². The fraction of sp³-hybridized carbons (Fsp3) is 0.231. The number of aldehydes is 1. The van der Waals surface area contributed by atoms with Gasteiger partial charge in [-0.25, -0.2) is 13.5 Å². The Hall–Kier alpha value is -2.04. The van der Waals surface area contributed by atoms with Crippen molar-refractivity contribution >= 4 is 6.29 Å². The molecular formula is C13H10F2N2O. The number of hydrogen-bond donors (Lipinski definition) is 0. The van der Waals surface area contributed by atoms with E-state index in [4.69, 9.17) is 0 Å². The molecule has 1 aromatic carbocycles. The van der Waals surface area contributed by atoms with E-state index in [1.807, 2.05) is 0 Å². The first kappa shape index (κ1) is 11.1. The van der Waals surface area contributed by atoms with E-state index in [0.29, 0.717) is 12.2 Å². The van der Waals surface area contributed by atoms with E-state index in [9.17, 15) is 13.6 Å². The third-order valence-corrected chi connectivity index (χ3v) is 3.01. The highest BCUT2D eigenvalue weighted by Gasteiger charge is 2.26. The summed E-state index contributed by atoms with van der Waals surface area (Å²) in [5.41, 5.74) is 0.587. The lowest BCUT2D eigenvalue weighted by Gasteiger charge is -2.05. The minimum Gasteiger partial charge on any atom is -0.298 e. The first-order valence-corrected chi connectivity index (χ1v) is 5.69. The molecule has 92 valence electrons. The zero-order valence-corrected chi connectivity index (χ0v) is 9.44. The second kappa shape index (κ2) is 4.01. The topological polar surface area (TPSA) is 34.9 Å². The van der Waals surface area contributed by atoms with Crippen molar-refractivity contribution in [2.75, 3.05) is 0 Å². The van der Waals surface area contributed by atoms with Gasteiger partial charge in [-0.1, -0.05) is 0 Å². The van der Waals surface area contributed by atoms with Crippen LogP contribution in [0.5, 0.6) is 0 Å². The largest absolute Gasteiger partial charge is 0.298 e. The van der Waals surface area contributed by atoms with Gasteiger partial charge in [0.1, 0.15) is 12.0 Å². The normalized spacial score (nSPS) is 14.8. The van der Waals surface area contributed by atoms with Crippen molar-refractivity contribution in [3.8, 4) is 5.69 Å². The third-order valence-electron chi connectivity index (χ3n) is 3.01. The Labute approximate surface area is 102 Å². The number of carbonyl (C=O) groups excluding carboxylic acids is 1. The maximum atomic E-state index is 13.7. The molecule has 0 saturated heterocycles. The molecule has 1 aliphatic carbocycles. The Balaban J connectivity index is 2.06. The van der Waals surface area contributed by atoms with Gasteiger partial charge in [-0.15, -0.1) is 0 Å². The quantitative estimate of drug-likeness (QED) is 0.783. The molecule has 5 heteroatoms. The van der Waals surface area contributed by atoms with Gasteiger partial charge < -0.3 is 0 Å². The summed E-state index contributed by atoms with van der Waals surface area (Å²) in [5.74, 6) is -1.16. The summed E-state index contributed by atoms with van der Waals surface area (Å²) in [7, 11) is 0. The van der Waals surface area contributed by atoms with E-state index in [0.717, 1.165) is 30.7 Å². The molecule has 1 heterocycles. The summed E-state index contributed by atoms with van der Waals surface area (Å²) in [6, 6.07) is 3.78. The predicted molar refractivity (Wildman–Crippen MR) is 60.8 cm³/mol. The summed E-state index contributed by atoms with van der Waals surface area (Å²) in [5, 5.41) is 4.17. The number of nitrogens with zero attached hydrogens (tertiary/aromatic N) is 2. The van der Waals surface area contributed by atoms with Gasteiger partial charge in [-0.05, 0) is 31.0 Å². The molecule has 0 bridgehead atoms. The maximum absolute atomic E-state index is 13.7. The van der Waals surface area contributed by atoms with Crippen LogP contribution in [0.1, 0.15) is 34.8 Å². The van der Waals surface area contributed by atoms with E-state index in [1.165, 1.54) is 10.9 Å². The monoisotopic (exact) mass is 248 g/mol. The molecular weight excluding hydrogens is 238 g/mol. The highest BCUT2D eigenvalue weighted by molar-refractivity contribution is 5.75. The highest BCUT2D eigenvalue weighted by atomic mass is 19.1. The molecule has 1 fully saturated rings. The van der Waals surface area contributed by atoms with Crippen LogP contribution in [0, 0.1) is 11.6 Å². The van der Waals surface area contributed by atoms with Crippen molar-refractivity contribution in [2.45, 2.75) is 18.8 Å². The minimum absolute atomic E-state index is 0.0247. The Kier molecular flexibility index (Phi) is 2.47. The molecule has 0 unspecified atom stereocenters. The van der Waals surface area contributed by atoms with Gasteiger partial charge in [0.2, 0.25) is 0 Å². The Morgan fingerprint density at radius 3 is 2.50 bits per heavy atom. The van der Waals surface area contributed by atoms with Crippen LogP contribution in [0.4, 0.5) is 8.78 Å². The fourth-order valence-corrected chi connectivity index (χ4v) is 1.93. The third kappa shape index (κ3) is 1.81. The number of benzene rings is 1. The van der Waals surface area contributed by atoms with Gasteiger partial charge >= 0.3 is 0 Å². The summed E-state index contributed by atoms with van der Waals surface area (Å²) in [4.78, 5) is 10.5. The average molecular weight is 248 g/mol. The molecule has 2 aromatic rings. The van der Waals surface area contributed by atoms with Gasteiger partial charge in [-0.3, -0.25) is 4.79 Å². The van der Waals surface area contributed by atoms with Crippen LogP contribution in [0.3, 0.4) is 0 Å². The first-order chi connectivity index (χ1) is 8.69. The van der Waals surface area contributed by atoms with Gasteiger partial charge in [0.15, 0.2) is 11.6 Å². The Morgan fingerprint density at radius 1 is 1.28 bits per heavy atom. The van der Waals surface area contributed by atoms with Crippen LogP contribution in [-0.2, 0) is 0 Å². The van der Waals surface area contributed by atoms with E-state index >= 15 is 0 Å². The predicted octanol–water partition coefficient (Wildman–Crippen LogP) is 2.84. The second-order valence-electron chi connectivity index (χ2n) is 4.41. The Morgan fingerprint density at radius 2 is 1.94 bits per heavy atom. The van der Waals surface area contributed by atoms with E-state index < -0.39 is 11.6 Å². The smallest absolute Gasteiger partial charge is 0.152 e. The van der Waals surface area contributed by atoms with Crippen molar-refractivity contribution in [2.24, 2.45) is 0 Å². The van der Waals surface area contributed by atoms with Gasteiger partial charge in [-0.2, -0.15) is 5.10 Å². The van der Waals surface area contributed by atoms with Gasteiger partial charge in [0.05, 0.1) is 5.69 Å². The second-order valence-corrected chi connectivity index (χ2v) is 4.41. The standard InChI is InChI=1S/C13H10F2N2O/c14-10-5-8(7-18)6-11(15)13(10)17-4-3-12(16-17)9-1-2-9/h3-7,9H,1-2H2. The van der Waals surface area contributed by atoms with Crippen molar-refractivity contribution in [3.63, 3.8) is 0 Å². The lowest BCUT2D eigenvalue weighted by Crippen LogP contribution is -2.04. The maximum Gasteiger partial charge on any atom is 0.152 e. The summed E-state index contributed by atoms with van der Waals surface area (Å²) in [6.45, 7) is 0. The highest BCUT2D eigenvalue weighted by Crippen LogP contribution is 2.39. The molecule has 1 aliphatic rings. The fourth-order valence-electron chi connectivity index (χ4n) is 1.93. The van der Waals surface area contributed by atoms with Crippen molar-refractivity contribution < 1.29 is 13.6 Å². The molecule has 0 spiro atoms. The first-order valence-electron chi connectivity index (χ1n) is 5.69.